The predicted octanol–water partition coefficient (Wildman–Crippen LogP) is 3.13. The topological polar surface area (TPSA) is 83.1 Å². The summed E-state index contributed by atoms with van der Waals surface area (Å²) in [6.07, 6.45) is 1.39. The fraction of sp³-hybridized carbons (Fsp3) is 0.133. The molecule has 0 aliphatic heterocycles. The number of anilines is 2. The van der Waals surface area contributed by atoms with Crippen LogP contribution in [0.15, 0.2) is 42.6 Å². The second-order valence-corrected chi connectivity index (χ2v) is 4.82. The Kier molecular flexibility index (Phi) is 5.32. The molecule has 0 fully saturated rings. The van der Waals surface area contributed by atoms with E-state index in [0.717, 1.165) is 0 Å². The monoisotopic (exact) mass is 318 g/mol. The molecule has 0 saturated heterocycles. The molecular formula is C15H15ClN4O2. The molecule has 22 heavy (non-hydrogen) atoms. The first kappa shape index (κ1) is 15.8. The number of aromatic nitrogens is 1. The van der Waals surface area contributed by atoms with E-state index in [4.69, 9.17) is 11.6 Å². The van der Waals surface area contributed by atoms with E-state index in [1.54, 1.807) is 36.4 Å². The number of halogens is 1. The van der Waals surface area contributed by atoms with E-state index in [-0.39, 0.29) is 11.9 Å². The molecule has 0 bridgehead atoms. The second kappa shape index (κ2) is 7.42. The van der Waals surface area contributed by atoms with Gasteiger partial charge in [0.05, 0.1) is 5.56 Å². The van der Waals surface area contributed by atoms with Crippen molar-refractivity contribution < 1.29 is 9.59 Å². The molecule has 7 heteroatoms. The van der Waals surface area contributed by atoms with Crippen molar-refractivity contribution in [3.63, 3.8) is 0 Å². The highest BCUT2D eigenvalue weighted by Crippen LogP contribution is 2.16. The fourth-order valence-corrected chi connectivity index (χ4v) is 1.88. The first-order valence-electron chi connectivity index (χ1n) is 6.66. The third-order valence-electron chi connectivity index (χ3n) is 2.69. The maximum Gasteiger partial charge on any atom is 0.320 e. The summed E-state index contributed by atoms with van der Waals surface area (Å²) >= 11 is 5.86. The zero-order chi connectivity index (χ0) is 15.9. The average molecular weight is 319 g/mol. The van der Waals surface area contributed by atoms with Gasteiger partial charge in [0.2, 0.25) is 0 Å². The molecule has 0 unspecified atom stereocenters. The van der Waals surface area contributed by atoms with Crippen LogP contribution in [0.5, 0.6) is 0 Å². The fourth-order valence-electron chi connectivity index (χ4n) is 1.69. The minimum absolute atomic E-state index is 0.306. The molecule has 0 saturated carbocycles. The molecule has 2 aromatic rings. The Morgan fingerprint density at radius 3 is 2.64 bits per heavy atom. The largest absolute Gasteiger partial charge is 0.338 e. The zero-order valence-electron chi connectivity index (χ0n) is 11.9. The van der Waals surface area contributed by atoms with Crippen LogP contribution in [0, 0.1) is 0 Å². The molecule has 0 aliphatic carbocycles. The Hall–Kier alpha value is -2.60. The Labute approximate surface area is 132 Å². The molecule has 0 spiro atoms. The number of amides is 3. The van der Waals surface area contributed by atoms with Gasteiger partial charge in [-0.1, -0.05) is 17.7 Å². The first-order valence-corrected chi connectivity index (χ1v) is 7.04. The molecule has 1 aromatic heterocycles. The van der Waals surface area contributed by atoms with Gasteiger partial charge in [-0.05, 0) is 37.3 Å². The molecule has 114 valence electrons. The van der Waals surface area contributed by atoms with Crippen molar-refractivity contribution in [3.8, 4) is 0 Å². The molecule has 0 radical (unpaired) electrons. The lowest BCUT2D eigenvalue weighted by Gasteiger charge is -2.07. The lowest BCUT2D eigenvalue weighted by molar-refractivity contribution is 0.102. The molecule has 3 amide bonds. The summed E-state index contributed by atoms with van der Waals surface area (Å²) in [6, 6.07) is 9.65. The summed E-state index contributed by atoms with van der Waals surface area (Å²) < 4.78 is 0. The SMILES string of the molecule is CCNC(=O)Nc1ccc(C(=O)Nc2cccc(Cl)c2)cn1. The molecule has 1 aromatic carbocycles. The van der Waals surface area contributed by atoms with Crippen LogP contribution in [0.2, 0.25) is 5.02 Å². The van der Waals surface area contributed by atoms with Crippen LogP contribution < -0.4 is 16.0 Å². The van der Waals surface area contributed by atoms with E-state index < -0.39 is 0 Å². The van der Waals surface area contributed by atoms with Gasteiger partial charge in [0.1, 0.15) is 5.82 Å². The number of urea groups is 1. The Bertz CT molecular complexity index is 673. The van der Waals surface area contributed by atoms with Crippen LogP contribution in [0.3, 0.4) is 0 Å². The molecule has 0 aliphatic rings. The van der Waals surface area contributed by atoms with Crippen LogP contribution in [-0.2, 0) is 0 Å². The number of pyridine rings is 1. The van der Waals surface area contributed by atoms with Crippen molar-refractivity contribution >= 4 is 35.0 Å². The van der Waals surface area contributed by atoms with Gasteiger partial charge in [0, 0.05) is 23.5 Å². The van der Waals surface area contributed by atoms with Gasteiger partial charge in [0.25, 0.3) is 5.91 Å². The van der Waals surface area contributed by atoms with Gasteiger partial charge >= 0.3 is 6.03 Å². The number of carbonyl (C=O) groups is 2. The van der Waals surface area contributed by atoms with Crippen LogP contribution in [-0.4, -0.2) is 23.5 Å². The van der Waals surface area contributed by atoms with E-state index >= 15 is 0 Å². The van der Waals surface area contributed by atoms with Gasteiger partial charge in [-0.2, -0.15) is 0 Å². The smallest absolute Gasteiger partial charge is 0.320 e. The standard InChI is InChI=1S/C15H15ClN4O2/c1-2-17-15(22)20-13-7-6-10(9-18-13)14(21)19-12-5-3-4-11(16)8-12/h3-9H,2H2,1H3,(H,19,21)(H2,17,18,20,22). The Morgan fingerprint density at radius 2 is 2.00 bits per heavy atom. The summed E-state index contributed by atoms with van der Waals surface area (Å²) in [7, 11) is 0. The molecule has 3 N–H and O–H groups in total. The van der Waals surface area contributed by atoms with Crippen molar-refractivity contribution in [2.24, 2.45) is 0 Å². The number of hydrogen-bond donors (Lipinski definition) is 3. The van der Waals surface area contributed by atoms with Gasteiger partial charge in [0.15, 0.2) is 0 Å². The molecular weight excluding hydrogens is 304 g/mol. The number of nitrogens with one attached hydrogen (secondary N) is 3. The lowest BCUT2D eigenvalue weighted by atomic mass is 10.2. The number of nitrogens with zero attached hydrogens (tertiary/aromatic N) is 1. The van der Waals surface area contributed by atoms with E-state index in [1.807, 2.05) is 6.92 Å². The second-order valence-electron chi connectivity index (χ2n) is 4.38. The van der Waals surface area contributed by atoms with E-state index in [9.17, 15) is 9.59 Å². The van der Waals surface area contributed by atoms with Crippen molar-refractivity contribution in [1.29, 1.82) is 0 Å². The van der Waals surface area contributed by atoms with Gasteiger partial charge in [-0.3, -0.25) is 10.1 Å². The van der Waals surface area contributed by atoms with E-state index in [1.165, 1.54) is 6.20 Å². The summed E-state index contributed by atoms with van der Waals surface area (Å²) in [5.41, 5.74) is 0.975. The van der Waals surface area contributed by atoms with Crippen molar-refractivity contribution in [1.82, 2.24) is 10.3 Å². The highest BCUT2D eigenvalue weighted by atomic mass is 35.5. The zero-order valence-corrected chi connectivity index (χ0v) is 12.6. The first-order chi connectivity index (χ1) is 10.6. The average Bonchev–Trinajstić information content (AvgIpc) is 2.48. The molecule has 6 nitrogen and oxygen atoms in total. The predicted molar refractivity (Wildman–Crippen MR) is 86.3 cm³/mol. The molecule has 2 rings (SSSR count). The summed E-state index contributed by atoms with van der Waals surface area (Å²) in [5.74, 6) is 0.0598. The third-order valence-corrected chi connectivity index (χ3v) is 2.92. The van der Waals surface area contributed by atoms with Crippen molar-refractivity contribution in [3.05, 3.63) is 53.2 Å². The summed E-state index contributed by atoms with van der Waals surface area (Å²) in [6.45, 7) is 2.34. The van der Waals surface area contributed by atoms with Crippen molar-refractivity contribution in [2.75, 3.05) is 17.2 Å². The normalized spacial score (nSPS) is 9.91. The highest BCUT2D eigenvalue weighted by molar-refractivity contribution is 6.30. The lowest BCUT2D eigenvalue weighted by Crippen LogP contribution is -2.28. The van der Waals surface area contributed by atoms with E-state index in [0.29, 0.717) is 28.6 Å². The maximum atomic E-state index is 12.1. The van der Waals surface area contributed by atoms with Crippen LogP contribution >= 0.6 is 11.6 Å². The van der Waals surface area contributed by atoms with Crippen LogP contribution in [0.1, 0.15) is 17.3 Å². The van der Waals surface area contributed by atoms with Gasteiger partial charge < -0.3 is 10.6 Å². The number of rotatable bonds is 4. The summed E-state index contributed by atoms with van der Waals surface area (Å²) in [4.78, 5) is 27.4. The minimum atomic E-state index is -0.342. The molecule has 1 heterocycles. The maximum absolute atomic E-state index is 12.1. The highest BCUT2D eigenvalue weighted by Gasteiger charge is 2.08. The summed E-state index contributed by atoms with van der Waals surface area (Å²) in [5, 5.41) is 8.40. The third kappa shape index (κ3) is 4.46. The van der Waals surface area contributed by atoms with Crippen LogP contribution in [0.25, 0.3) is 0 Å². The molecule has 0 atom stereocenters. The Balaban J connectivity index is 2.00. The quantitative estimate of drug-likeness (QED) is 0.810. The van der Waals surface area contributed by atoms with E-state index in [2.05, 4.69) is 20.9 Å². The van der Waals surface area contributed by atoms with Gasteiger partial charge in [-0.25, -0.2) is 9.78 Å². The number of hydrogen-bond acceptors (Lipinski definition) is 3. The van der Waals surface area contributed by atoms with Gasteiger partial charge in [-0.15, -0.1) is 0 Å². The van der Waals surface area contributed by atoms with Crippen molar-refractivity contribution in [2.45, 2.75) is 6.92 Å². The van der Waals surface area contributed by atoms with Crippen LogP contribution in [0.4, 0.5) is 16.3 Å². The number of carbonyl (C=O) groups excluding carboxylic acids is 2. The Morgan fingerprint density at radius 1 is 1.18 bits per heavy atom. The number of benzene rings is 1. The minimum Gasteiger partial charge on any atom is -0.338 e.